The number of rotatable bonds is 3. The Bertz CT molecular complexity index is 1290. The molecule has 1 aliphatic heterocycles. The van der Waals surface area contributed by atoms with Gasteiger partial charge in [0.1, 0.15) is 0 Å². The highest BCUT2D eigenvalue weighted by atomic mass is 32.2. The third-order valence-electron chi connectivity index (χ3n) is 6.78. The molecule has 0 amide bonds. The first-order valence-electron chi connectivity index (χ1n) is 10.9. The van der Waals surface area contributed by atoms with Crippen LogP contribution >= 0.6 is 0 Å². The largest absolute Gasteiger partial charge is 0.358 e. The van der Waals surface area contributed by atoms with Crippen LogP contribution in [0.4, 0.5) is 0 Å². The Morgan fingerprint density at radius 3 is 2.58 bits per heavy atom. The van der Waals surface area contributed by atoms with Crippen molar-refractivity contribution in [3.63, 3.8) is 0 Å². The van der Waals surface area contributed by atoms with Gasteiger partial charge in [-0.15, -0.1) is 0 Å². The van der Waals surface area contributed by atoms with Gasteiger partial charge in [-0.2, -0.15) is 4.31 Å². The van der Waals surface area contributed by atoms with Crippen LogP contribution in [0, 0.1) is 12.3 Å². The van der Waals surface area contributed by atoms with E-state index in [-0.39, 0.29) is 17.1 Å². The van der Waals surface area contributed by atoms with E-state index in [4.69, 9.17) is 0 Å². The molecule has 162 valence electrons. The van der Waals surface area contributed by atoms with E-state index in [1.165, 1.54) is 5.56 Å². The Hall–Kier alpha value is -2.44. The molecule has 2 aliphatic rings. The molecule has 2 aromatic carbocycles. The van der Waals surface area contributed by atoms with Crippen LogP contribution in [-0.4, -0.2) is 36.6 Å². The van der Waals surface area contributed by atoms with Gasteiger partial charge in [-0.25, -0.2) is 8.42 Å². The number of Topliss-reactive ketones (excluding diaryl/α,β-unsaturated/α-hetero) is 1. The van der Waals surface area contributed by atoms with Gasteiger partial charge in [0, 0.05) is 41.7 Å². The zero-order valence-corrected chi connectivity index (χ0v) is 19.1. The van der Waals surface area contributed by atoms with Gasteiger partial charge < -0.3 is 4.98 Å². The van der Waals surface area contributed by atoms with E-state index in [0.29, 0.717) is 30.0 Å². The van der Waals surface area contributed by atoms with Crippen LogP contribution in [0.1, 0.15) is 59.8 Å². The van der Waals surface area contributed by atoms with Crippen LogP contribution in [0.2, 0.25) is 0 Å². The number of ketones is 1. The lowest BCUT2D eigenvalue weighted by Crippen LogP contribution is -2.29. The molecule has 2 heterocycles. The van der Waals surface area contributed by atoms with Gasteiger partial charge in [0.25, 0.3) is 0 Å². The molecule has 1 fully saturated rings. The first kappa shape index (κ1) is 20.5. The van der Waals surface area contributed by atoms with Crippen molar-refractivity contribution in [3.05, 3.63) is 64.8 Å². The predicted octanol–water partition coefficient (Wildman–Crippen LogP) is 4.81. The van der Waals surface area contributed by atoms with Gasteiger partial charge >= 0.3 is 0 Å². The number of H-pyrrole nitrogens is 1. The number of nitrogens with zero attached hydrogens (tertiary/aromatic N) is 1. The maximum Gasteiger partial charge on any atom is 0.243 e. The number of benzene rings is 2. The summed E-state index contributed by atoms with van der Waals surface area (Å²) < 4.78 is 28.7. The SMILES string of the molecule is Cc1cc2c3c([nH]c2cc1S(=O)(=O)N1CCC(c2ccccc2)C1)CC(C)(C)CC3=O. The van der Waals surface area contributed by atoms with Crippen LogP contribution in [0.3, 0.4) is 0 Å². The molecule has 31 heavy (non-hydrogen) atoms. The molecule has 0 saturated carbocycles. The lowest BCUT2D eigenvalue weighted by atomic mass is 9.76. The molecule has 5 nitrogen and oxygen atoms in total. The number of carbonyl (C=O) groups is 1. The summed E-state index contributed by atoms with van der Waals surface area (Å²) in [5.41, 5.74) is 4.19. The number of aryl methyl sites for hydroxylation is 1. The second-order valence-corrected chi connectivity index (χ2v) is 11.7. The van der Waals surface area contributed by atoms with Gasteiger partial charge in [0.05, 0.1) is 4.90 Å². The standard InChI is InChI=1S/C25H28N2O3S/c1-16-11-19-20(26-21-13-25(2,3)14-22(28)24(19)21)12-23(16)31(29,30)27-10-9-18(15-27)17-7-5-4-6-8-17/h4-8,11-12,18,26H,9-10,13-15H2,1-3H3. The molecule has 0 radical (unpaired) electrons. The Balaban J connectivity index is 1.52. The molecule has 1 aromatic heterocycles. The maximum absolute atomic E-state index is 13.5. The molecule has 6 heteroatoms. The van der Waals surface area contributed by atoms with Gasteiger partial charge in [-0.3, -0.25) is 4.79 Å². The van der Waals surface area contributed by atoms with E-state index >= 15 is 0 Å². The monoisotopic (exact) mass is 436 g/mol. The van der Waals surface area contributed by atoms with E-state index in [1.54, 1.807) is 10.4 Å². The van der Waals surface area contributed by atoms with Crippen molar-refractivity contribution in [1.82, 2.24) is 9.29 Å². The molecular weight excluding hydrogens is 408 g/mol. The molecule has 1 N–H and O–H groups in total. The van der Waals surface area contributed by atoms with Crippen LogP contribution in [0.15, 0.2) is 47.4 Å². The molecular formula is C25H28N2O3S. The fourth-order valence-corrected chi connectivity index (χ4v) is 6.99. The topological polar surface area (TPSA) is 70.2 Å². The average molecular weight is 437 g/mol. The van der Waals surface area contributed by atoms with Crippen LogP contribution < -0.4 is 0 Å². The quantitative estimate of drug-likeness (QED) is 0.641. The molecule has 1 unspecified atom stereocenters. The minimum absolute atomic E-state index is 0.0864. The third kappa shape index (κ3) is 3.42. The van der Waals surface area contributed by atoms with Crippen molar-refractivity contribution in [2.45, 2.75) is 50.8 Å². The second-order valence-electron chi connectivity index (χ2n) is 9.84. The normalized spacial score (nSPS) is 21.5. The Morgan fingerprint density at radius 1 is 1.10 bits per heavy atom. The van der Waals surface area contributed by atoms with Gasteiger partial charge in [-0.05, 0) is 54.4 Å². The zero-order valence-electron chi connectivity index (χ0n) is 18.2. The highest BCUT2D eigenvalue weighted by Gasteiger charge is 2.36. The fourth-order valence-electron chi connectivity index (χ4n) is 5.26. The molecule has 0 bridgehead atoms. The summed E-state index contributed by atoms with van der Waals surface area (Å²) in [5, 5.41) is 0.843. The van der Waals surface area contributed by atoms with E-state index in [9.17, 15) is 13.2 Å². The summed E-state index contributed by atoms with van der Waals surface area (Å²) in [6.45, 7) is 7.03. The molecule has 0 spiro atoms. The molecule has 1 atom stereocenters. The van der Waals surface area contributed by atoms with Crippen molar-refractivity contribution in [2.24, 2.45) is 5.41 Å². The summed E-state index contributed by atoms with van der Waals surface area (Å²) in [4.78, 5) is 16.5. The summed E-state index contributed by atoms with van der Waals surface area (Å²) in [6, 6.07) is 13.7. The van der Waals surface area contributed by atoms with Crippen molar-refractivity contribution < 1.29 is 13.2 Å². The first-order valence-corrected chi connectivity index (χ1v) is 12.3. The lowest BCUT2D eigenvalue weighted by Gasteiger charge is -2.28. The summed E-state index contributed by atoms with van der Waals surface area (Å²) in [6.07, 6.45) is 2.13. The molecule has 1 aliphatic carbocycles. The molecule has 5 rings (SSSR count). The number of aromatic nitrogens is 1. The van der Waals surface area contributed by atoms with Gasteiger partial charge in [0.2, 0.25) is 10.0 Å². The fraction of sp³-hybridized carbons (Fsp3) is 0.400. The van der Waals surface area contributed by atoms with E-state index in [0.717, 1.165) is 35.0 Å². The van der Waals surface area contributed by atoms with Crippen molar-refractivity contribution in [2.75, 3.05) is 13.1 Å². The van der Waals surface area contributed by atoms with Crippen molar-refractivity contribution in [1.29, 1.82) is 0 Å². The number of carbonyl (C=O) groups excluding carboxylic acids is 1. The maximum atomic E-state index is 13.5. The minimum Gasteiger partial charge on any atom is -0.358 e. The average Bonchev–Trinajstić information content (AvgIpc) is 3.32. The van der Waals surface area contributed by atoms with Gasteiger partial charge in [0.15, 0.2) is 5.78 Å². The Labute approximate surface area is 183 Å². The number of hydrogen-bond donors (Lipinski definition) is 1. The van der Waals surface area contributed by atoms with E-state index in [1.807, 2.05) is 31.2 Å². The van der Waals surface area contributed by atoms with Crippen molar-refractivity contribution in [3.8, 4) is 0 Å². The Kier molecular flexibility index (Phi) is 4.65. The predicted molar refractivity (Wildman–Crippen MR) is 122 cm³/mol. The van der Waals surface area contributed by atoms with Crippen molar-refractivity contribution >= 4 is 26.7 Å². The molecule has 1 saturated heterocycles. The highest BCUT2D eigenvalue weighted by Crippen LogP contribution is 2.40. The van der Waals surface area contributed by atoms with E-state index < -0.39 is 10.0 Å². The smallest absolute Gasteiger partial charge is 0.243 e. The lowest BCUT2D eigenvalue weighted by molar-refractivity contribution is 0.0913. The second kappa shape index (κ2) is 7.04. The van der Waals surface area contributed by atoms with Gasteiger partial charge in [-0.1, -0.05) is 44.2 Å². The first-order chi connectivity index (χ1) is 14.7. The number of fused-ring (bicyclic) bond motifs is 3. The molecule has 3 aromatic rings. The minimum atomic E-state index is -3.61. The summed E-state index contributed by atoms with van der Waals surface area (Å²) in [7, 11) is -3.61. The van der Waals surface area contributed by atoms with Crippen LogP contribution in [0.25, 0.3) is 10.9 Å². The third-order valence-corrected chi connectivity index (χ3v) is 8.79. The number of nitrogens with one attached hydrogen (secondary N) is 1. The number of hydrogen-bond acceptors (Lipinski definition) is 3. The van der Waals surface area contributed by atoms with E-state index in [2.05, 4.69) is 31.0 Å². The van der Waals surface area contributed by atoms with Crippen LogP contribution in [0.5, 0.6) is 0 Å². The highest BCUT2D eigenvalue weighted by molar-refractivity contribution is 7.89. The summed E-state index contributed by atoms with van der Waals surface area (Å²) in [5.74, 6) is 0.357. The Morgan fingerprint density at radius 2 is 1.84 bits per heavy atom. The number of sulfonamides is 1. The summed E-state index contributed by atoms with van der Waals surface area (Å²) >= 11 is 0. The zero-order chi connectivity index (χ0) is 22.0. The number of aromatic amines is 1. The van der Waals surface area contributed by atoms with Crippen LogP contribution in [-0.2, 0) is 16.4 Å².